The van der Waals surface area contributed by atoms with Crippen molar-refractivity contribution in [2.24, 2.45) is 0 Å². The number of fused-ring (bicyclic) bond motifs is 1. The summed E-state index contributed by atoms with van der Waals surface area (Å²) in [6.07, 6.45) is 0. The van der Waals surface area contributed by atoms with Crippen LogP contribution in [0.2, 0.25) is 5.02 Å². The Kier molecular flexibility index (Phi) is 5.00. The Hall–Kier alpha value is -2.24. The maximum atomic E-state index is 12.6. The molecule has 136 valence electrons. The molecule has 0 saturated carbocycles. The molecular formula is C20H21ClN2O3. The number of carbonyl (C=O) groups is 1. The van der Waals surface area contributed by atoms with Crippen LogP contribution in [0.3, 0.4) is 0 Å². The predicted octanol–water partition coefficient (Wildman–Crippen LogP) is 3.07. The minimum Gasteiger partial charge on any atom is -0.486 e. The first-order valence-electron chi connectivity index (χ1n) is 8.85. The van der Waals surface area contributed by atoms with Crippen molar-refractivity contribution in [3.63, 3.8) is 0 Å². The highest BCUT2D eigenvalue weighted by Crippen LogP contribution is 2.31. The van der Waals surface area contributed by atoms with E-state index in [2.05, 4.69) is 17.0 Å². The first-order valence-corrected chi connectivity index (χ1v) is 9.22. The summed E-state index contributed by atoms with van der Waals surface area (Å²) in [5.41, 5.74) is 1.85. The van der Waals surface area contributed by atoms with E-state index < -0.39 is 0 Å². The Morgan fingerprint density at radius 1 is 0.962 bits per heavy atom. The molecule has 0 spiro atoms. The number of hydrogen-bond donors (Lipinski definition) is 0. The highest BCUT2D eigenvalue weighted by molar-refractivity contribution is 6.30. The van der Waals surface area contributed by atoms with E-state index in [0.29, 0.717) is 23.8 Å². The number of rotatable bonds is 3. The second kappa shape index (κ2) is 7.56. The molecule has 0 N–H and O–H groups in total. The van der Waals surface area contributed by atoms with E-state index in [1.165, 1.54) is 5.56 Å². The molecule has 0 aromatic heterocycles. The zero-order chi connectivity index (χ0) is 17.9. The second-order valence-corrected chi connectivity index (χ2v) is 6.99. The van der Waals surface area contributed by atoms with Crippen molar-refractivity contribution in [1.29, 1.82) is 0 Å². The van der Waals surface area contributed by atoms with E-state index in [9.17, 15) is 4.79 Å². The molecule has 1 amide bonds. The van der Waals surface area contributed by atoms with E-state index >= 15 is 0 Å². The normalized spacial score (nSPS) is 17.2. The monoisotopic (exact) mass is 372 g/mol. The number of carbonyl (C=O) groups excluding carboxylic acids is 1. The van der Waals surface area contributed by atoms with Crippen molar-refractivity contribution in [1.82, 2.24) is 9.80 Å². The first-order chi connectivity index (χ1) is 12.7. The zero-order valence-electron chi connectivity index (χ0n) is 14.5. The van der Waals surface area contributed by atoms with Gasteiger partial charge in [0, 0.05) is 43.3 Å². The maximum absolute atomic E-state index is 12.6. The van der Waals surface area contributed by atoms with E-state index in [1.807, 2.05) is 23.1 Å². The van der Waals surface area contributed by atoms with Crippen LogP contribution in [0.1, 0.15) is 15.9 Å². The smallest absolute Gasteiger partial charge is 0.253 e. The van der Waals surface area contributed by atoms with Crippen molar-refractivity contribution in [3.8, 4) is 11.5 Å². The molecule has 0 radical (unpaired) electrons. The Balaban J connectivity index is 1.34. The van der Waals surface area contributed by atoms with Crippen molar-refractivity contribution >= 4 is 17.5 Å². The number of piperazine rings is 1. The maximum Gasteiger partial charge on any atom is 0.253 e. The molecule has 4 rings (SSSR count). The molecule has 26 heavy (non-hydrogen) atoms. The lowest BCUT2D eigenvalue weighted by molar-refractivity contribution is 0.0628. The third kappa shape index (κ3) is 3.79. The lowest BCUT2D eigenvalue weighted by atomic mass is 10.1. The third-order valence-electron chi connectivity index (χ3n) is 4.74. The van der Waals surface area contributed by atoms with Gasteiger partial charge in [-0.3, -0.25) is 9.69 Å². The lowest BCUT2D eigenvalue weighted by Crippen LogP contribution is -2.48. The van der Waals surface area contributed by atoms with Crippen LogP contribution in [-0.4, -0.2) is 55.1 Å². The Morgan fingerprint density at radius 2 is 1.73 bits per heavy atom. The van der Waals surface area contributed by atoms with E-state index in [0.717, 1.165) is 44.2 Å². The van der Waals surface area contributed by atoms with Crippen molar-refractivity contribution < 1.29 is 14.3 Å². The van der Waals surface area contributed by atoms with Crippen molar-refractivity contribution in [2.45, 2.75) is 6.54 Å². The van der Waals surface area contributed by atoms with Crippen molar-refractivity contribution in [2.75, 3.05) is 39.4 Å². The average Bonchev–Trinajstić information content (AvgIpc) is 2.68. The summed E-state index contributed by atoms with van der Waals surface area (Å²) in [7, 11) is 0. The van der Waals surface area contributed by atoms with Crippen LogP contribution in [0.4, 0.5) is 0 Å². The summed E-state index contributed by atoms with van der Waals surface area (Å²) in [6.45, 7) is 5.18. The summed E-state index contributed by atoms with van der Waals surface area (Å²) < 4.78 is 11.2. The molecule has 2 heterocycles. The van der Waals surface area contributed by atoms with Crippen LogP contribution < -0.4 is 9.47 Å². The minimum atomic E-state index is 0.0477. The van der Waals surface area contributed by atoms with Crippen LogP contribution >= 0.6 is 11.6 Å². The van der Waals surface area contributed by atoms with Crippen LogP contribution in [0, 0.1) is 0 Å². The van der Waals surface area contributed by atoms with Crippen LogP contribution in [0.5, 0.6) is 11.5 Å². The molecule has 2 aromatic carbocycles. The summed E-state index contributed by atoms with van der Waals surface area (Å²) in [5.74, 6) is 1.69. The van der Waals surface area contributed by atoms with Crippen LogP contribution in [-0.2, 0) is 6.54 Å². The van der Waals surface area contributed by atoms with Gasteiger partial charge in [-0.15, -0.1) is 0 Å². The molecule has 0 aliphatic carbocycles. The molecule has 5 nitrogen and oxygen atoms in total. The van der Waals surface area contributed by atoms with Gasteiger partial charge in [-0.25, -0.2) is 0 Å². The highest BCUT2D eigenvalue weighted by Gasteiger charge is 2.22. The summed E-state index contributed by atoms with van der Waals surface area (Å²) in [4.78, 5) is 16.8. The Labute approximate surface area is 158 Å². The van der Waals surface area contributed by atoms with Gasteiger partial charge in [0.25, 0.3) is 5.91 Å². The Morgan fingerprint density at radius 3 is 2.50 bits per heavy atom. The van der Waals surface area contributed by atoms with Gasteiger partial charge in [0.2, 0.25) is 0 Å². The van der Waals surface area contributed by atoms with Crippen LogP contribution in [0.25, 0.3) is 0 Å². The largest absolute Gasteiger partial charge is 0.486 e. The lowest BCUT2D eigenvalue weighted by Gasteiger charge is -2.35. The number of nitrogens with zero attached hydrogens (tertiary/aromatic N) is 2. The molecular weight excluding hydrogens is 352 g/mol. The topological polar surface area (TPSA) is 42.0 Å². The number of amides is 1. The average molecular weight is 373 g/mol. The molecule has 0 bridgehead atoms. The zero-order valence-corrected chi connectivity index (χ0v) is 15.2. The number of benzene rings is 2. The minimum absolute atomic E-state index is 0.0477. The van der Waals surface area contributed by atoms with Gasteiger partial charge in [-0.2, -0.15) is 0 Å². The van der Waals surface area contributed by atoms with Gasteiger partial charge in [0.05, 0.1) is 0 Å². The third-order valence-corrected chi connectivity index (χ3v) is 4.98. The molecule has 1 saturated heterocycles. The van der Waals surface area contributed by atoms with Crippen molar-refractivity contribution in [3.05, 3.63) is 58.6 Å². The van der Waals surface area contributed by atoms with Gasteiger partial charge >= 0.3 is 0 Å². The van der Waals surface area contributed by atoms with E-state index in [4.69, 9.17) is 21.1 Å². The summed E-state index contributed by atoms with van der Waals surface area (Å²) in [5, 5.41) is 0.591. The van der Waals surface area contributed by atoms with Crippen LogP contribution in [0.15, 0.2) is 42.5 Å². The quantitative estimate of drug-likeness (QED) is 0.830. The van der Waals surface area contributed by atoms with Gasteiger partial charge < -0.3 is 14.4 Å². The van der Waals surface area contributed by atoms with E-state index in [-0.39, 0.29) is 5.91 Å². The number of hydrogen-bond acceptors (Lipinski definition) is 4. The van der Waals surface area contributed by atoms with Gasteiger partial charge in [0.1, 0.15) is 13.2 Å². The standard InChI is InChI=1S/C20H21ClN2O3/c21-17-3-1-2-16(13-17)20(24)23-8-6-22(7-9-23)14-15-4-5-18-19(12-15)26-11-10-25-18/h1-5,12-13H,6-11,14H2. The molecule has 0 atom stereocenters. The summed E-state index contributed by atoms with van der Waals surface area (Å²) >= 11 is 5.99. The first kappa shape index (κ1) is 17.2. The number of halogens is 1. The molecule has 2 aliphatic rings. The molecule has 2 aromatic rings. The van der Waals surface area contributed by atoms with Gasteiger partial charge in [0.15, 0.2) is 11.5 Å². The fraction of sp³-hybridized carbons (Fsp3) is 0.350. The molecule has 2 aliphatic heterocycles. The SMILES string of the molecule is O=C(c1cccc(Cl)c1)N1CCN(Cc2ccc3c(c2)OCCO3)CC1. The molecule has 0 unspecified atom stereocenters. The molecule has 6 heteroatoms. The number of ether oxygens (including phenoxy) is 2. The summed E-state index contributed by atoms with van der Waals surface area (Å²) in [6, 6.07) is 13.2. The Bertz CT molecular complexity index is 803. The van der Waals surface area contributed by atoms with Gasteiger partial charge in [-0.05, 0) is 35.9 Å². The second-order valence-electron chi connectivity index (χ2n) is 6.56. The van der Waals surface area contributed by atoms with Gasteiger partial charge in [-0.1, -0.05) is 23.7 Å². The predicted molar refractivity (Wildman–Crippen MR) is 100 cm³/mol. The fourth-order valence-corrected chi connectivity index (χ4v) is 3.55. The highest BCUT2D eigenvalue weighted by atomic mass is 35.5. The fourth-order valence-electron chi connectivity index (χ4n) is 3.36. The molecule has 1 fully saturated rings. The van der Waals surface area contributed by atoms with E-state index in [1.54, 1.807) is 12.1 Å².